The molecule has 11 rings (SSSR count). The molecule has 4 saturated carbocycles. The fourth-order valence-electron chi connectivity index (χ4n) is 13.9. The standard InChI is InChI=1S/C54H62O/c1-3-12-35(13-4-1)39-24-25-41-30-43(27-26-40(41)29-39)45-31-44(42-23-22-36-14-7-8-17-38(36)28-42)32-46(33-45)51-34-52-50-21-11-20-47(37-15-5-2-6-16-37)53(50)55-54(52)49-19-10-9-18-48(49)51/h2,5-6,9-11,15-16,18-21,24-25,29,34-36,38,42-46,48-49H,1,3-4,7-8,12-14,17,22-23,26-28,30-33H2. The van der Waals surface area contributed by atoms with Crippen molar-refractivity contribution in [1.29, 1.82) is 0 Å². The molecule has 4 fully saturated rings. The molecule has 0 amide bonds. The molecular formula is C54H62O. The third kappa shape index (κ3) is 6.45. The van der Waals surface area contributed by atoms with Gasteiger partial charge in [-0.25, -0.2) is 0 Å². The van der Waals surface area contributed by atoms with Gasteiger partial charge in [-0.1, -0.05) is 148 Å². The summed E-state index contributed by atoms with van der Waals surface area (Å²) in [6.07, 6.45) is 38.2. The first kappa shape index (κ1) is 34.7. The molecule has 0 saturated heterocycles. The number of hydrogen-bond donors (Lipinski definition) is 0. The maximum Gasteiger partial charge on any atom is 0.142 e. The van der Waals surface area contributed by atoms with Crippen molar-refractivity contribution in [1.82, 2.24) is 0 Å². The maximum absolute atomic E-state index is 7.01. The minimum atomic E-state index is 0.285. The summed E-state index contributed by atoms with van der Waals surface area (Å²) in [7, 11) is 0. The fraction of sp³-hybridized carbons (Fsp3) is 0.519. The van der Waals surface area contributed by atoms with Crippen molar-refractivity contribution in [2.45, 2.75) is 127 Å². The summed E-state index contributed by atoms with van der Waals surface area (Å²) in [5.74, 6) is 8.83. The quantitative estimate of drug-likeness (QED) is 0.200. The Morgan fingerprint density at radius 3 is 2.15 bits per heavy atom. The van der Waals surface area contributed by atoms with Gasteiger partial charge in [-0.3, -0.25) is 0 Å². The Kier molecular flexibility index (Phi) is 9.28. The Bertz CT molecular complexity index is 2100. The first-order chi connectivity index (χ1) is 27.2. The zero-order chi connectivity index (χ0) is 36.3. The topological polar surface area (TPSA) is 13.1 Å². The second kappa shape index (κ2) is 14.7. The van der Waals surface area contributed by atoms with E-state index in [0.29, 0.717) is 11.8 Å². The van der Waals surface area contributed by atoms with Gasteiger partial charge in [0.05, 0.1) is 0 Å². The average Bonchev–Trinajstić information content (AvgIpc) is 3.65. The molecule has 1 nitrogen and oxygen atoms in total. The number of fused-ring (bicyclic) bond motifs is 7. The van der Waals surface area contributed by atoms with E-state index in [1.54, 1.807) is 22.3 Å². The fourth-order valence-corrected chi connectivity index (χ4v) is 13.9. The van der Waals surface area contributed by atoms with Crippen LogP contribution in [0.15, 0.2) is 101 Å². The second-order valence-corrected chi connectivity index (χ2v) is 19.6. The summed E-state index contributed by atoms with van der Waals surface area (Å²) in [4.78, 5) is 0. The Hall–Kier alpha value is -3.58. The van der Waals surface area contributed by atoms with Crippen molar-refractivity contribution < 1.29 is 4.42 Å². The number of hydrogen-bond acceptors (Lipinski definition) is 1. The molecule has 7 aliphatic rings. The van der Waals surface area contributed by atoms with Gasteiger partial charge in [0.2, 0.25) is 0 Å². The minimum absolute atomic E-state index is 0.285. The summed E-state index contributed by atoms with van der Waals surface area (Å²) in [6.45, 7) is 0. The van der Waals surface area contributed by atoms with Crippen molar-refractivity contribution in [2.75, 3.05) is 0 Å². The van der Waals surface area contributed by atoms with E-state index >= 15 is 0 Å². The highest BCUT2D eigenvalue weighted by Crippen LogP contribution is 2.56. The molecule has 3 aromatic carbocycles. The lowest BCUT2D eigenvalue weighted by Crippen LogP contribution is -2.38. The molecular weight excluding hydrogens is 665 g/mol. The van der Waals surface area contributed by atoms with Crippen LogP contribution in [-0.2, 0) is 12.8 Å². The average molecular weight is 727 g/mol. The smallest absolute Gasteiger partial charge is 0.142 e. The van der Waals surface area contributed by atoms with Gasteiger partial charge in [0.1, 0.15) is 11.3 Å². The van der Waals surface area contributed by atoms with Gasteiger partial charge < -0.3 is 4.42 Å². The van der Waals surface area contributed by atoms with E-state index in [-0.39, 0.29) is 5.92 Å². The number of para-hydroxylation sites is 1. The van der Waals surface area contributed by atoms with Gasteiger partial charge in [-0.05, 0) is 140 Å². The van der Waals surface area contributed by atoms with E-state index in [1.165, 1.54) is 143 Å². The summed E-state index contributed by atoms with van der Waals surface area (Å²) in [5.41, 5.74) is 11.7. The van der Waals surface area contributed by atoms with E-state index in [0.717, 1.165) is 47.0 Å². The number of rotatable bonds is 5. The summed E-state index contributed by atoms with van der Waals surface area (Å²) < 4.78 is 7.01. The molecule has 1 aromatic heterocycles. The van der Waals surface area contributed by atoms with Crippen LogP contribution in [0.2, 0.25) is 0 Å². The van der Waals surface area contributed by atoms with Crippen molar-refractivity contribution in [3.63, 3.8) is 0 Å². The van der Waals surface area contributed by atoms with Gasteiger partial charge in [-0.2, -0.15) is 0 Å². The Balaban J connectivity index is 0.938. The van der Waals surface area contributed by atoms with Crippen LogP contribution in [0.25, 0.3) is 28.2 Å². The van der Waals surface area contributed by atoms with E-state index in [9.17, 15) is 0 Å². The van der Waals surface area contributed by atoms with Crippen LogP contribution in [0, 0.1) is 47.3 Å². The van der Waals surface area contributed by atoms with E-state index < -0.39 is 0 Å². The SMILES string of the molecule is C1=CC2C(C3CC(C4CCc5cc(C6CCCCC6)ccc5C4)CC(C4CCC5CCCCC5C4)C3)=Cc3c(oc4c(-c5ccccc5)cccc34)C2C=C1. The van der Waals surface area contributed by atoms with Crippen molar-refractivity contribution in [2.24, 2.45) is 47.3 Å². The monoisotopic (exact) mass is 726 g/mol. The third-order valence-electron chi connectivity index (χ3n) is 16.7. The van der Waals surface area contributed by atoms with Crippen molar-refractivity contribution in [3.05, 3.63) is 125 Å². The lowest BCUT2D eigenvalue weighted by atomic mass is 9.57. The lowest BCUT2D eigenvalue weighted by molar-refractivity contribution is 0.0497. The molecule has 1 heterocycles. The lowest BCUT2D eigenvalue weighted by Gasteiger charge is -2.48. The van der Waals surface area contributed by atoms with Crippen LogP contribution in [0.5, 0.6) is 0 Å². The largest absolute Gasteiger partial charge is 0.459 e. The summed E-state index contributed by atoms with van der Waals surface area (Å²) in [6, 6.07) is 25.5. The highest BCUT2D eigenvalue weighted by molar-refractivity contribution is 5.99. The first-order valence-corrected chi connectivity index (χ1v) is 23.0. The first-order valence-electron chi connectivity index (χ1n) is 23.0. The van der Waals surface area contributed by atoms with Crippen LogP contribution in [-0.4, -0.2) is 0 Å². The van der Waals surface area contributed by atoms with Gasteiger partial charge in [0.25, 0.3) is 0 Å². The molecule has 284 valence electrons. The molecule has 9 unspecified atom stereocenters. The van der Waals surface area contributed by atoms with Crippen molar-refractivity contribution in [3.8, 4) is 11.1 Å². The third-order valence-corrected chi connectivity index (χ3v) is 16.7. The predicted molar refractivity (Wildman–Crippen MR) is 229 cm³/mol. The van der Waals surface area contributed by atoms with E-state index in [2.05, 4.69) is 97.1 Å². The Morgan fingerprint density at radius 1 is 0.527 bits per heavy atom. The van der Waals surface area contributed by atoms with Crippen LogP contribution >= 0.6 is 0 Å². The van der Waals surface area contributed by atoms with Crippen LogP contribution in [0.3, 0.4) is 0 Å². The van der Waals surface area contributed by atoms with Gasteiger partial charge in [0, 0.05) is 28.3 Å². The maximum atomic E-state index is 7.01. The zero-order valence-corrected chi connectivity index (χ0v) is 33.1. The molecule has 4 aromatic rings. The van der Waals surface area contributed by atoms with Gasteiger partial charge >= 0.3 is 0 Å². The number of allylic oxidation sites excluding steroid dienone is 5. The minimum Gasteiger partial charge on any atom is -0.459 e. The normalized spacial score (nSPS) is 33.3. The van der Waals surface area contributed by atoms with Gasteiger partial charge in [0.15, 0.2) is 0 Å². The van der Waals surface area contributed by atoms with Gasteiger partial charge in [-0.15, -0.1) is 0 Å². The highest BCUT2D eigenvalue weighted by Gasteiger charge is 2.45. The molecule has 0 radical (unpaired) electrons. The summed E-state index contributed by atoms with van der Waals surface area (Å²) >= 11 is 0. The van der Waals surface area contributed by atoms with Crippen molar-refractivity contribution >= 4 is 17.0 Å². The summed E-state index contributed by atoms with van der Waals surface area (Å²) in [5, 5.41) is 1.30. The van der Waals surface area contributed by atoms with Crippen LogP contribution < -0.4 is 0 Å². The van der Waals surface area contributed by atoms with Crippen LogP contribution in [0.1, 0.15) is 143 Å². The molecule has 0 aliphatic heterocycles. The van der Waals surface area contributed by atoms with Crippen LogP contribution in [0.4, 0.5) is 0 Å². The molecule has 55 heavy (non-hydrogen) atoms. The molecule has 1 heteroatoms. The van der Waals surface area contributed by atoms with E-state index in [1.807, 2.05) is 0 Å². The number of benzene rings is 3. The molecule has 9 atom stereocenters. The number of aryl methyl sites for hydroxylation is 1. The Labute approximate surface area is 330 Å². The molecule has 7 aliphatic carbocycles. The Morgan fingerprint density at radius 2 is 1.27 bits per heavy atom. The number of furan rings is 1. The highest BCUT2D eigenvalue weighted by atomic mass is 16.3. The predicted octanol–water partition coefficient (Wildman–Crippen LogP) is 14.8. The van der Waals surface area contributed by atoms with E-state index in [4.69, 9.17) is 4.42 Å². The molecule has 0 bridgehead atoms. The molecule has 0 spiro atoms. The second-order valence-electron chi connectivity index (χ2n) is 19.6. The molecule has 0 N–H and O–H groups in total. The zero-order valence-electron chi connectivity index (χ0n) is 33.1.